The normalized spacial score (nSPS) is 12.5. The fourth-order valence-electron chi connectivity index (χ4n) is 2.40. The van der Waals surface area contributed by atoms with Crippen LogP contribution in [-0.2, 0) is 14.3 Å². The predicted molar refractivity (Wildman–Crippen MR) is 91.8 cm³/mol. The second kappa shape index (κ2) is 14.8. The molecule has 0 aromatic rings. The monoisotopic (exact) mass is 310 g/mol. The molecule has 0 spiro atoms. The summed E-state index contributed by atoms with van der Waals surface area (Å²) in [4.78, 5) is 21.9. The first-order valence-corrected chi connectivity index (χ1v) is 8.90. The summed E-state index contributed by atoms with van der Waals surface area (Å²) < 4.78 is 5.09. The standard InChI is InChI=1S/C19H34O3/c1-4-19(21)16-14-12-10-8-6-5-7-9-11-13-15-17(2)22-18(3)20/h8,10,17H,4-7,9,11-16H2,1-3H3/b10-8+. The second-order valence-electron chi connectivity index (χ2n) is 6.02. The minimum Gasteiger partial charge on any atom is -0.463 e. The van der Waals surface area contributed by atoms with E-state index in [0.717, 1.165) is 38.5 Å². The third-order valence-corrected chi connectivity index (χ3v) is 3.74. The maximum Gasteiger partial charge on any atom is 0.302 e. The first-order valence-electron chi connectivity index (χ1n) is 8.90. The molecule has 0 saturated heterocycles. The van der Waals surface area contributed by atoms with Gasteiger partial charge in [0.1, 0.15) is 5.78 Å². The van der Waals surface area contributed by atoms with E-state index in [-0.39, 0.29) is 12.1 Å². The first kappa shape index (κ1) is 20.9. The molecule has 0 fully saturated rings. The van der Waals surface area contributed by atoms with Crippen LogP contribution >= 0.6 is 0 Å². The average Bonchev–Trinajstić information content (AvgIpc) is 2.47. The van der Waals surface area contributed by atoms with E-state index < -0.39 is 0 Å². The van der Waals surface area contributed by atoms with Gasteiger partial charge in [-0.1, -0.05) is 38.3 Å². The van der Waals surface area contributed by atoms with E-state index in [1.165, 1.54) is 32.6 Å². The molecule has 0 amide bonds. The predicted octanol–water partition coefficient (Wildman–Crippen LogP) is 5.37. The maximum absolute atomic E-state index is 11.1. The van der Waals surface area contributed by atoms with Crippen molar-refractivity contribution in [2.75, 3.05) is 0 Å². The first-order chi connectivity index (χ1) is 10.6. The molecule has 128 valence electrons. The van der Waals surface area contributed by atoms with Crippen LogP contribution in [0.1, 0.15) is 91.4 Å². The Bertz CT molecular complexity index is 321. The zero-order chi connectivity index (χ0) is 16.6. The number of unbranched alkanes of at least 4 members (excludes halogenated alkanes) is 6. The molecule has 1 unspecified atom stereocenters. The number of hydrogen-bond donors (Lipinski definition) is 0. The zero-order valence-corrected chi connectivity index (χ0v) is 14.7. The molecular weight excluding hydrogens is 276 g/mol. The van der Waals surface area contributed by atoms with Gasteiger partial charge in [0.2, 0.25) is 0 Å². The van der Waals surface area contributed by atoms with E-state index in [9.17, 15) is 9.59 Å². The Morgan fingerprint density at radius 1 is 0.955 bits per heavy atom. The van der Waals surface area contributed by atoms with Crippen molar-refractivity contribution in [3.8, 4) is 0 Å². The highest BCUT2D eigenvalue weighted by molar-refractivity contribution is 5.77. The van der Waals surface area contributed by atoms with Crippen molar-refractivity contribution in [1.29, 1.82) is 0 Å². The fraction of sp³-hybridized carbons (Fsp3) is 0.789. The molecule has 0 bridgehead atoms. The molecule has 0 aromatic heterocycles. The van der Waals surface area contributed by atoms with Crippen molar-refractivity contribution in [3.63, 3.8) is 0 Å². The summed E-state index contributed by atoms with van der Waals surface area (Å²) in [5, 5.41) is 0. The summed E-state index contributed by atoms with van der Waals surface area (Å²) in [6, 6.07) is 0. The summed E-state index contributed by atoms with van der Waals surface area (Å²) in [5.41, 5.74) is 0. The van der Waals surface area contributed by atoms with Crippen LogP contribution in [0.5, 0.6) is 0 Å². The molecule has 0 rings (SSSR count). The smallest absolute Gasteiger partial charge is 0.302 e. The minimum atomic E-state index is -0.182. The van der Waals surface area contributed by atoms with Gasteiger partial charge in [-0.25, -0.2) is 0 Å². The number of ether oxygens (including phenoxy) is 1. The summed E-state index contributed by atoms with van der Waals surface area (Å²) in [7, 11) is 0. The van der Waals surface area contributed by atoms with E-state index in [1.807, 2.05) is 13.8 Å². The van der Waals surface area contributed by atoms with E-state index in [4.69, 9.17) is 4.74 Å². The summed E-state index contributed by atoms with van der Waals surface area (Å²) in [6.07, 6.45) is 16.2. The quantitative estimate of drug-likeness (QED) is 0.246. The molecule has 0 aromatic carbocycles. The highest BCUT2D eigenvalue weighted by atomic mass is 16.5. The lowest BCUT2D eigenvalue weighted by atomic mass is 10.1. The van der Waals surface area contributed by atoms with Crippen LogP contribution in [0.3, 0.4) is 0 Å². The molecular formula is C19H34O3. The summed E-state index contributed by atoms with van der Waals surface area (Å²) >= 11 is 0. The Kier molecular flexibility index (Phi) is 14.0. The molecule has 0 saturated carbocycles. The van der Waals surface area contributed by atoms with E-state index in [0.29, 0.717) is 12.2 Å². The molecule has 0 N–H and O–H groups in total. The van der Waals surface area contributed by atoms with Crippen LogP contribution in [0.15, 0.2) is 12.2 Å². The van der Waals surface area contributed by atoms with Gasteiger partial charge in [-0.05, 0) is 45.4 Å². The highest BCUT2D eigenvalue weighted by Crippen LogP contribution is 2.11. The zero-order valence-electron chi connectivity index (χ0n) is 14.7. The molecule has 0 aliphatic heterocycles. The minimum absolute atomic E-state index is 0.0556. The van der Waals surface area contributed by atoms with Gasteiger partial charge in [0.05, 0.1) is 6.10 Å². The van der Waals surface area contributed by atoms with Gasteiger partial charge in [0, 0.05) is 19.8 Å². The third kappa shape index (κ3) is 15.3. The SMILES string of the molecule is CCC(=O)CCC/C=C/CCCCCCCC(C)OC(C)=O. The average molecular weight is 310 g/mol. The lowest BCUT2D eigenvalue weighted by molar-refractivity contribution is -0.145. The van der Waals surface area contributed by atoms with Crippen molar-refractivity contribution in [2.45, 2.75) is 97.5 Å². The molecule has 0 aliphatic rings. The Labute approximate surface area is 136 Å². The van der Waals surface area contributed by atoms with Crippen molar-refractivity contribution in [3.05, 3.63) is 12.2 Å². The van der Waals surface area contributed by atoms with Crippen molar-refractivity contribution in [1.82, 2.24) is 0 Å². The van der Waals surface area contributed by atoms with Crippen LogP contribution in [0.2, 0.25) is 0 Å². The molecule has 0 aliphatic carbocycles. The van der Waals surface area contributed by atoms with Crippen LogP contribution in [-0.4, -0.2) is 17.9 Å². The Hall–Kier alpha value is -1.12. The molecule has 1 atom stereocenters. The Balaban J connectivity index is 3.26. The number of carbonyl (C=O) groups is 2. The number of hydrogen-bond acceptors (Lipinski definition) is 3. The highest BCUT2D eigenvalue weighted by Gasteiger charge is 2.04. The van der Waals surface area contributed by atoms with Crippen molar-refractivity contribution >= 4 is 11.8 Å². The van der Waals surface area contributed by atoms with E-state index in [1.54, 1.807) is 0 Å². The molecule has 0 radical (unpaired) electrons. The third-order valence-electron chi connectivity index (χ3n) is 3.74. The van der Waals surface area contributed by atoms with Crippen LogP contribution < -0.4 is 0 Å². The van der Waals surface area contributed by atoms with Gasteiger partial charge in [-0.2, -0.15) is 0 Å². The number of allylic oxidation sites excluding steroid dienone is 2. The van der Waals surface area contributed by atoms with Gasteiger partial charge < -0.3 is 4.74 Å². The van der Waals surface area contributed by atoms with Gasteiger partial charge in [0.15, 0.2) is 0 Å². The number of Topliss-reactive ketones (excluding diaryl/α,β-unsaturated/α-hetero) is 1. The number of ketones is 1. The van der Waals surface area contributed by atoms with E-state index in [2.05, 4.69) is 12.2 Å². The Morgan fingerprint density at radius 3 is 2.18 bits per heavy atom. The lowest BCUT2D eigenvalue weighted by Gasteiger charge is -2.10. The molecule has 0 heterocycles. The van der Waals surface area contributed by atoms with Crippen molar-refractivity contribution in [2.24, 2.45) is 0 Å². The van der Waals surface area contributed by atoms with Crippen molar-refractivity contribution < 1.29 is 14.3 Å². The maximum atomic E-state index is 11.1. The molecule has 22 heavy (non-hydrogen) atoms. The number of carbonyl (C=O) groups excluding carboxylic acids is 2. The van der Waals surface area contributed by atoms with Gasteiger partial charge >= 0.3 is 5.97 Å². The van der Waals surface area contributed by atoms with Crippen LogP contribution in [0.4, 0.5) is 0 Å². The van der Waals surface area contributed by atoms with Gasteiger partial charge in [-0.15, -0.1) is 0 Å². The molecule has 3 heteroatoms. The topological polar surface area (TPSA) is 43.4 Å². The Morgan fingerprint density at radius 2 is 1.55 bits per heavy atom. The number of rotatable bonds is 14. The van der Waals surface area contributed by atoms with Gasteiger partial charge in [0.25, 0.3) is 0 Å². The summed E-state index contributed by atoms with van der Waals surface area (Å²) in [6.45, 7) is 5.35. The van der Waals surface area contributed by atoms with Crippen LogP contribution in [0.25, 0.3) is 0 Å². The lowest BCUT2D eigenvalue weighted by Crippen LogP contribution is -2.11. The molecule has 3 nitrogen and oxygen atoms in total. The number of esters is 1. The second-order valence-corrected chi connectivity index (χ2v) is 6.02. The van der Waals surface area contributed by atoms with Gasteiger partial charge in [-0.3, -0.25) is 9.59 Å². The summed E-state index contributed by atoms with van der Waals surface area (Å²) in [5.74, 6) is 0.190. The largest absolute Gasteiger partial charge is 0.463 e. The van der Waals surface area contributed by atoms with E-state index >= 15 is 0 Å². The fourth-order valence-corrected chi connectivity index (χ4v) is 2.40. The van der Waals surface area contributed by atoms with Crippen LogP contribution in [0, 0.1) is 0 Å².